The number of unbranched alkanes of at least 4 members (excludes halogenated alkanes) is 3. The van der Waals surface area contributed by atoms with E-state index in [1.807, 2.05) is 4.57 Å². The standard InChI is InChI=1S/C21H22F13NO4/c22-16(23,17(24,25)18(26,27)19(28,29)20(30,31)21(32,33)34)6-5-15(36)39-8-4-2-1-3-7-35-11-13-14(12-35)38-10-9-37-13/h11-12H,1-10H2. The van der Waals surface area contributed by atoms with Gasteiger partial charge in [0.1, 0.15) is 13.2 Å². The van der Waals surface area contributed by atoms with E-state index in [9.17, 15) is 61.9 Å². The van der Waals surface area contributed by atoms with Gasteiger partial charge in [0.2, 0.25) is 0 Å². The largest absolute Gasteiger partial charge is 0.485 e. The van der Waals surface area contributed by atoms with Crippen molar-refractivity contribution >= 4 is 5.97 Å². The molecule has 5 nitrogen and oxygen atoms in total. The summed E-state index contributed by atoms with van der Waals surface area (Å²) in [6, 6.07) is 0. The van der Waals surface area contributed by atoms with Crippen LogP contribution >= 0.6 is 0 Å². The van der Waals surface area contributed by atoms with Crippen molar-refractivity contribution < 1.29 is 76.1 Å². The Kier molecular flexibility index (Phi) is 9.63. The number of nitrogens with zero attached hydrogens (tertiary/aromatic N) is 1. The van der Waals surface area contributed by atoms with E-state index >= 15 is 0 Å². The number of halogens is 13. The molecule has 1 aliphatic rings. The first-order chi connectivity index (χ1) is 17.7. The number of hydrogen-bond donors (Lipinski definition) is 0. The van der Waals surface area contributed by atoms with E-state index in [-0.39, 0.29) is 6.42 Å². The zero-order chi connectivity index (χ0) is 29.9. The molecular formula is C21H22F13NO4. The van der Waals surface area contributed by atoms with Crippen LogP contribution in [-0.4, -0.2) is 66.1 Å². The molecule has 1 aromatic heterocycles. The summed E-state index contributed by atoms with van der Waals surface area (Å²) < 4.78 is 187. The van der Waals surface area contributed by atoms with E-state index in [0.717, 1.165) is 0 Å². The summed E-state index contributed by atoms with van der Waals surface area (Å²) in [5.41, 5.74) is 0. The van der Waals surface area contributed by atoms with Crippen LogP contribution in [0.1, 0.15) is 38.5 Å². The third-order valence-corrected chi connectivity index (χ3v) is 5.62. The SMILES string of the molecule is O=C(CCC(F)(F)C(F)(F)C(F)(F)C(F)(F)C(F)(F)C(F)(F)F)OCCCCCCn1cc2c(c1)OCCO2. The summed E-state index contributed by atoms with van der Waals surface area (Å²) in [5.74, 6) is -37.8. The van der Waals surface area contributed by atoms with Crippen molar-refractivity contribution in [3.8, 4) is 11.5 Å². The van der Waals surface area contributed by atoms with Gasteiger partial charge in [-0.15, -0.1) is 0 Å². The predicted molar refractivity (Wildman–Crippen MR) is 105 cm³/mol. The summed E-state index contributed by atoms with van der Waals surface area (Å²) in [6.07, 6.45) is -6.50. The molecule has 0 aliphatic carbocycles. The summed E-state index contributed by atoms with van der Waals surface area (Å²) in [5, 5.41) is 0. The van der Waals surface area contributed by atoms with Crippen LogP contribution in [0.4, 0.5) is 57.1 Å². The molecule has 0 atom stereocenters. The van der Waals surface area contributed by atoms with Crippen LogP contribution in [0.3, 0.4) is 0 Å². The monoisotopic (exact) mass is 599 g/mol. The predicted octanol–water partition coefficient (Wildman–Crippen LogP) is 6.88. The molecule has 39 heavy (non-hydrogen) atoms. The zero-order valence-electron chi connectivity index (χ0n) is 19.7. The third-order valence-electron chi connectivity index (χ3n) is 5.62. The van der Waals surface area contributed by atoms with Crippen molar-refractivity contribution in [1.82, 2.24) is 4.57 Å². The fraction of sp³-hybridized carbons (Fsp3) is 0.762. The topological polar surface area (TPSA) is 49.7 Å². The maximum absolute atomic E-state index is 13.7. The lowest BCUT2D eigenvalue weighted by Gasteiger charge is -2.39. The second-order valence-corrected chi connectivity index (χ2v) is 8.56. The molecule has 2 heterocycles. The maximum atomic E-state index is 13.7. The number of carbonyl (C=O) groups excluding carboxylic acids is 1. The lowest BCUT2D eigenvalue weighted by molar-refractivity contribution is -0.440. The van der Waals surface area contributed by atoms with E-state index in [0.29, 0.717) is 50.5 Å². The molecule has 0 spiro atoms. The second-order valence-electron chi connectivity index (χ2n) is 8.56. The fourth-order valence-corrected chi connectivity index (χ4v) is 3.34. The van der Waals surface area contributed by atoms with Crippen LogP contribution in [0.15, 0.2) is 12.4 Å². The molecule has 1 aromatic rings. The van der Waals surface area contributed by atoms with Gasteiger partial charge in [0.25, 0.3) is 0 Å². The van der Waals surface area contributed by atoms with Crippen LogP contribution in [0.2, 0.25) is 0 Å². The molecule has 2 rings (SSSR count). The lowest BCUT2D eigenvalue weighted by Crippen LogP contribution is -2.70. The molecule has 0 aromatic carbocycles. The number of aryl methyl sites for hydroxylation is 1. The highest BCUT2D eigenvalue weighted by atomic mass is 19.4. The second kappa shape index (κ2) is 11.5. The molecular weight excluding hydrogens is 577 g/mol. The highest BCUT2D eigenvalue weighted by molar-refractivity contribution is 5.69. The quantitative estimate of drug-likeness (QED) is 0.133. The highest BCUT2D eigenvalue weighted by Crippen LogP contribution is 2.60. The van der Waals surface area contributed by atoms with Crippen molar-refractivity contribution in [1.29, 1.82) is 0 Å². The summed E-state index contributed by atoms with van der Waals surface area (Å²) in [4.78, 5) is 11.5. The normalized spacial score (nSPS) is 15.4. The van der Waals surface area contributed by atoms with Gasteiger partial charge in [-0.2, -0.15) is 57.1 Å². The van der Waals surface area contributed by atoms with Crippen molar-refractivity contribution in [2.75, 3.05) is 19.8 Å². The molecule has 226 valence electrons. The van der Waals surface area contributed by atoms with Crippen molar-refractivity contribution in [3.63, 3.8) is 0 Å². The molecule has 0 saturated heterocycles. The number of carbonyl (C=O) groups is 1. The Balaban J connectivity index is 1.78. The van der Waals surface area contributed by atoms with Gasteiger partial charge in [-0.3, -0.25) is 4.79 Å². The molecule has 0 radical (unpaired) electrons. The number of aromatic nitrogens is 1. The van der Waals surface area contributed by atoms with Crippen molar-refractivity contribution in [2.24, 2.45) is 0 Å². The minimum Gasteiger partial charge on any atom is -0.485 e. The maximum Gasteiger partial charge on any atom is 0.460 e. The smallest absolute Gasteiger partial charge is 0.460 e. The van der Waals surface area contributed by atoms with Gasteiger partial charge in [-0.1, -0.05) is 6.42 Å². The first kappa shape index (κ1) is 32.7. The van der Waals surface area contributed by atoms with Gasteiger partial charge in [0, 0.05) is 25.4 Å². The number of fused-ring (bicyclic) bond motifs is 1. The average molecular weight is 599 g/mol. The lowest BCUT2D eigenvalue weighted by atomic mass is 9.92. The van der Waals surface area contributed by atoms with E-state index in [1.54, 1.807) is 12.4 Å². The Morgan fingerprint density at radius 2 is 1.21 bits per heavy atom. The number of rotatable bonds is 14. The molecule has 1 aliphatic heterocycles. The summed E-state index contributed by atoms with van der Waals surface area (Å²) in [6.45, 7) is 0.992. The number of hydrogen-bond acceptors (Lipinski definition) is 4. The third kappa shape index (κ3) is 6.61. The Morgan fingerprint density at radius 3 is 1.72 bits per heavy atom. The number of esters is 1. The Hall–Kier alpha value is -2.56. The molecule has 0 unspecified atom stereocenters. The van der Waals surface area contributed by atoms with Crippen LogP contribution < -0.4 is 9.47 Å². The molecule has 0 saturated carbocycles. The van der Waals surface area contributed by atoms with Gasteiger partial charge in [0.15, 0.2) is 11.5 Å². The highest BCUT2D eigenvalue weighted by Gasteiger charge is 2.90. The summed E-state index contributed by atoms with van der Waals surface area (Å²) >= 11 is 0. The number of alkyl halides is 13. The molecule has 0 N–H and O–H groups in total. The van der Waals surface area contributed by atoms with Crippen LogP contribution in [0.25, 0.3) is 0 Å². The van der Waals surface area contributed by atoms with Crippen LogP contribution in [0.5, 0.6) is 11.5 Å². The minimum atomic E-state index is -7.96. The van der Waals surface area contributed by atoms with Gasteiger partial charge < -0.3 is 18.8 Å². The van der Waals surface area contributed by atoms with E-state index in [2.05, 4.69) is 4.74 Å². The first-order valence-electron chi connectivity index (χ1n) is 11.3. The first-order valence-corrected chi connectivity index (χ1v) is 11.3. The Morgan fingerprint density at radius 1 is 0.718 bits per heavy atom. The fourth-order valence-electron chi connectivity index (χ4n) is 3.34. The molecule has 0 amide bonds. The van der Waals surface area contributed by atoms with E-state index in [4.69, 9.17) is 9.47 Å². The van der Waals surface area contributed by atoms with Gasteiger partial charge >= 0.3 is 41.8 Å². The Labute approximate surface area is 212 Å². The van der Waals surface area contributed by atoms with E-state index in [1.165, 1.54) is 0 Å². The van der Waals surface area contributed by atoms with Gasteiger partial charge in [0.05, 0.1) is 13.0 Å². The Bertz CT molecular complexity index is 952. The number of ether oxygens (including phenoxy) is 3. The average Bonchev–Trinajstić information content (AvgIpc) is 3.23. The molecule has 0 fully saturated rings. The van der Waals surface area contributed by atoms with Crippen molar-refractivity contribution in [3.05, 3.63) is 12.4 Å². The molecule has 0 bridgehead atoms. The minimum absolute atomic E-state index is 0.170. The zero-order valence-corrected chi connectivity index (χ0v) is 19.7. The summed E-state index contributed by atoms with van der Waals surface area (Å²) in [7, 11) is 0. The van der Waals surface area contributed by atoms with Crippen LogP contribution in [0, 0.1) is 0 Å². The van der Waals surface area contributed by atoms with E-state index < -0.39 is 61.2 Å². The molecule has 18 heteroatoms. The van der Waals surface area contributed by atoms with Gasteiger partial charge in [-0.05, 0) is 19.3 Å². The van der Waals surface area contributed by atoms with Crippen LogP contribution in [-0.2, 0) is 16.1 Å². The van der Waals surface area contributed by atoms with Crippen molar-refractivity contribution in [2.45, 2.75) is 80.9 Å². The van der Waals surface area contributed by atoms with Gasteiger partial charge in [-0.25, -0.2) is 0 Å².